The van der Waals surface area contributed by atoms with Gasteiger partial charge in [-0.3, -0.25) is 14.7 Å². The van der Waals surface area contributed by atoms with E-state index < -0.39 is 17.2 Å². The maximum atomic E-state index is 12.5. The minimum Gasteiger partial charge on any atom is -0.383 e. The Kier molecular flexibility index (Phi) is 7.80. The number of methoxy groups -OCH3 is 1. The van der Waals surface area contributed by atoms with Gasteiger partial charge in [0, 0.05) is 18.4 Å². The van der Waals surface area contributed by atoms with Crippen LogP contribution in [0, 0.1) is 6.92 Å². The fourth-order valence-electron chi connectivity index (χ4n) is 2.87. The first-order valence-corrected chi connectivity index (χ1v) is 10.7. The number of ether oxygens (including phenoxy) is 1. The Labute approximate surface area is 185 Å². The third-order valence-corrected chi connectivity index (χ3v) is 5.51. The average Bonchev–Trinajstić information content (AvgIpc) is 3.15. The first-order chi connectivity index (χ1) is 15.0. The van der Waals surface area contributed by atoms with E-state index in [1.807, 2.05) is 41.8 Å². The molecule has 1 unspecified atom stereocenters. The number of aromatic nitrogens is 3. The SMILES string of the molecule is COCCn1c(SC(C)C(=O)NC(=O)Nc2ccccc2)nnc1-c1cccc(C)c1. The zero-order valence-corrected chi connectivity index (χ0v) is 18.5. The van der Waals surface area contributed by atoms with Crippen molar-refractivity contribution in [2.24, 2.45) is 0 Å². The van der Waals surface area contributed by atoms with Crippen molar-refractivity contribution < 1.29 is 14.3 Å². The van der Waals surface area contributed by atoms with E-state index >= 15 is 0 Å². The van der Waals surface area contributed by atoms with E-state index in [0.717, 1.165) is 11.1 Å². The zero-order valence-electron chi connectivity index (χ0n) is 17.7. The van der Waals surface area contributed by atoms with Crippen LogP contribution in [0.2, 0.25) is 0 Å². The second kappa shape index (κ2) is 10.7. The van der Waals surface area contributed by atoms with Crippen LogP contribution in [0.5, 0.6) is 0 Å². The van der Waals surface area contributed by atoms with Crippen LogP contribution in [0.1, 0.15) is 12.5 Å². The maximum Gasteiger partial charge on any atom is 0.325 e. The lowest BCUT2D eigenvalue weighted by Crippen LogP contribution is -2.39. The predicted molar refractivity (Wildman–Crippen MR) is 121 cm³/mol. The summed E-state index contributed by atoms with van der Waals surface area (Å²) in [7, 11) is 1.63. The normalized spacial score (nSPS) is 11.7. The fourth-order valence-corrected chi connectivity index (χ4v) is 3.74. The number of nitrogens with zero attached hydrogens (tertiary/aromatic N) is 3. The van der Waals surface area contributed by atoms with Crippen LogP contribution >= 0.6 is 11.8 Å². The van der Waals surface area contributed by atoms with Gasteiger partial charge in [-0.05, 0) is 32.0 Å². The van der Waals surface area contributed by atoms with Crippen molar-refractivity contribution in [1.82, 2.24) is 20.1 Å². The van der Waals surface area contributed by atoms with Crippen molar-refractivity contribution in [3.8, 4) is 11.4 Å². The lowest BCUT2D eigenvalue weighted by molar-refractivity contribution is -0.119. The van der Waals surface area contributed by atoms with Gasteiger partial charge in [0.15, 0.2) is 11.0 Å². The Morgan fingerprint density at radius 2 is 1.90 bits per heavy atom. The van der Waals surface area contributed by atoms with Crippen LogP contribution < -0.4 is 10.6 Å². The van der Waals surface area contributed by atoms with Crippen molar-refractivity contribution in [3.05, 3.63) is 60.2 Å². The molecular weight excluding hydrogens is 414 g/mol. The van der Waals surface area contributed by atoms with Gasteiger partial charge in [-0.1, -0.05) is 53.7 Å². The molecule has 0 bridgehead atoms. The Balaban J connectivity index is 1.70. The third kappa shape index (κ3) is 6.16. The summed E-state index contributed by atoms with van der Waals surface area (Å²) in [5.41, 5.74) is 2.66. The molecular formula is C22H25N5O3S. The summed E-state index contributed by atoms with van der Waals surface area (Å²) < 4.78 is 7.16. The molecule has 3 aromatic rings. The van der Waals surface area contributed by atoms with E-state index in [1.165, 1.54) is 11.8 Å². The molecule has 0 saturated heterocycles. The highest BCUT2D eigenvalue weighted by atomic mass is 32.2. The molecule has 1 heterocycles. The third-order valence-electron chi connectivity index (χ3n) is 4.43. The molecule has 0 aliphatic heterocycles. The molecule has 9 heteroatoms. The van der Waals surface area contributed by atoms with Crippen LogP contribution in [0.15, 0.2) is 59.8 Å². The summed E-state index contributed by atoms with van der Waals surface area (Å²) in [6, 6.07) is 16.3. The number of rotatable bonds is 8. The van der Waals surface area contributed by atoms with Crippen LogP contribution in [-0.4, -0.2) is 45.7 Å². The molecule has 3 rings (SSSR count). The topological polar surface area (TPSA) is 98.1 Å². The number of hydrogen-bond donors (Lipinski definition) is 2. The average molecular weight is 440 g/mol. The van der Waals surface area contributed by atoms with Gasteiger partial charge in [0.1, 0.15) is 0 Å². The van der Waals surface area contributed by atoms with E-state index in [9.17, 15) is 9.59 Å². The summed E-state index contributed by atoms with van der Waals surface area (Å²) in [5.74, 6) is 0.287. The first-order valence-electron chi connectivity index (χ1n) is 9.80. The Hall–Kier alpha value is -3.17. The van der Waals surface area contributed by atoms with Crippen LogP contribution in [0.3, 0.4) is 0 Å². The molecule has 31 heavy (non-hydrogen) atoms. The number of amides is 3. The smallest absolute Gasteiger partial charge is 0.325 e. The number of carbonyl (C=O) groups excluding carboxylic acids is 2. The number of benzene rings is 2. The Bertz CT molecular complexity index is 1040. The highest BCUT2D eigenvalue weighted by Crippen LogP contribution is 2.27. The maximum absolute atomic E-state index is 12.5. The summed E-state index contributed by atoms with van der Waals surface area (Å²) in [6.45, 7) is 4.75. The van der Waals surface area contributed by atoms with E-state index in [1.54, 1.807) is 38.3 Å². The summed E-state index contributed by atoms with van der Waals surface area (Å²) in [4.78, 5) is 24.6. The standard InChI is InChI=1S/C22H25N5O3S/c1-15-8-7-9-17(14-15)19-25-26-22(27(19)12-13-30-3)31-16(2)20(28)24-21(29)23-18-10-5-4-6-11-18/h4-11,14,16H,12-13H2,1-3H3,(H2,23,24,28,29). The number of aryl methyl sites for hydroxylation is 1. The number of imide groups is 1. The molecule has 2 N–H and O–H groups in total. The largest absolute Gasteiger partial charge is 0.383 e. The van der Waals surface area contributed by atoms with Gasteiger partial charge in [0.05, 0.1) is 18.4 Å². The lowest BCUT2D eigenvalue weighted by Gasteiger charge is -2.13. The minimum absolute atomic E-state index is 0.420. The molecule has 0 spiro atoms. The number of hydrogen-bond acceptors (Lipinski definition) is 6. The van der Waals surface area contributed by atoms with Crippen molar-refractivity contribution in [2.75, 3.05) is 19.0 Å². The van der Waals surface area contributed by atoms with Crippen molar-refractivity contribution >= 4 is 29.4 Å². The second-order valence-corrected chi connectivity index (χ2v) is 8.20. The second-order valence-electron chi connectivity index (χ2n) is 6.89. The van der Waals surface area contributed by atoms with Crippen LogP contribution in [0.25, 0.3) is 11.4 Å². The fraction of sp³-hybridized carbons (Fsp3) is 0.273. The van der Waals surface area contributed by atoms with E-state index in [4.69, 9.17) is 4.74 Å². The van der Waals surface area contributed by atoms with Gasteiger partial charge in [-0.15, -0.1) is 10.2 Å². The van der Waals surface area contributed by atoms with E-state index in [2.05, 4.69) is 20.8 Å². The van der Waals surface area contributed by atoms with E-state index in [0.29, 0.717) is 29.8 Å². The lowest BCUT2D eigenvalue weighted by atomic mass is 10.1. The molecule has 1 atom stereocenters. The molecule has 0 aliphatic rings. The number of nitrogens with one attached hydrogen (secondary N) is 2. The van der Waals surface area contributed by atoms with Gasteiger partial charge >= 0.3 is 6.03 Å². The van der Waals surface area contributed by atoms with Crippen molar-refractivity contribution in [3.63, 3.8) is 0 Å². The highest BCUT2D eigenvalue weighted by Gasteiger charge is 2.22. The molecule has 8 nitrogen and oxygen atoms in total. The molecule has 3 amide bonds. The number of carbonyl (C=O) groups is 2. The van der Waals surface area contributed by atoms with Gasteiger partial charge in [-0.2, -0.15) is 0 Å². The number of anilines is 1. The highest BCUT2D eigenvalue weighted by molar-refractivity contribution is 8.00. The predicted octanol–water partition coefficient (Wildman–Crippen LogP) is 3.73. The monoisotopic (exact) mass is 439 g/mol. The quantitative estimate of drug-likeness (QED) is 0.519. The summed E-state index contributed by atoms with van der Waals surface area (Å²) >= 11 is 1.24. The molecule has 2 aromatic carbocycles. The van der Waals surface area contributed by atoms with Crippen LogP contribution in [-0.2, 0) is 16.1 Å². The number of para-hydroxylation sites is 1. The Morgan fingerprint density at radius 1 is 1.13 bits per heavy atom. The Morgan fingerprint density at radius 3 is 2.61 bits per heavy atom. The van der Waals surface area contributed by atoms with E-state index in [-0.39, 0.29) is 0 Å². The van der Waals surface area contributed by atoms with Crippen LogP contribution in [0.4, 0.5) is 10.5 Å². The summed E-state index contributed by atoms with van der Waals surface area (Å²) in [6.07, 6.45) is 0. The number of thioether (sulfide) groups is 1. The first kappa shape index (κ1) is 22.5. The molecule has 0 radical (unpaired) electrons. The van der Waals surface area contributed by atoms with Gasteiger partial charge in [0.25, 0.3) is 0 Å². The molecule has 0 aliphatic carbocycles. The minimum atomic E-state index is -0.579. The number of urea groups is 1. The van der Waals surface area contributed by atoms with Crippen molar-refractivity contribution in [2.45, 2.75) is 30.8 Å². The molecule has 1 aromatic heterocycles. The van der Waals surface area contributed by atoms with Crippen molar-refractivity contribution in [1.29, 1.82) is 0 Å². The molecule has 162 valence electrons. The van der Waals surface area contributed by atoms with Gasteiger partial charge in [-0.25, -0.2) is 4.79 Å². The molecule has 0 fully saturated rings. The van der Waals surface area contributed by atoms with Gasteiger partial charge < -0.3 is 10.1 Å². The molecule has 0 saturated carbocycles. The van der Waals surface area contributed by atoms with Gasteiger partial charge in [0.2, 0.25) is 5.91 Å². The zero-order chi connectivity index (χ0) is 22.2. The summed E-state index contributed by atoms with van der Waals surface area (Å²) in [5, 5.41) is 13.6.